The van der Waals surface area contributed by atoms with Crippen LogP contribution in [0.3, 0.4) is 0 Å². The summed E-state index contributed by atoms with van der Waals surface area (Å²) in [4.78, 5) is 36.3. The van der Waals surface area contributed by atoms with Gasteiger partial charge in [0, 0.05) is 40.3 Å². The van der Waals surface area contributed by atoms with Crippen LogP contribution in [-0.2, 0) is 4.79 Å². The molecule has 4 heterocycles. The average molecular weight is 414 g/mol. The highest BCUT2D eigenvalue weighted by molar-refractivity contribution is 7.13. The van der Waals surface area contributed by atoms with Crippen molar-refractivity contribution in [3.63, 3.8) is 0 Å². The molecule has 3 aromatic rings. The molecule has 0 unspecified atom stereocenters. The lowest BCUT2D eigenvalue weighted by molar-refractivity contribution is -0.130. The zero-order chi connectivity index (χ0) is 20.5. The van der Waals surface area contributed by atoms with Crippen LogP contribution < -0.4 is 0 Å². The Morgan fingerprint density at radius 3 is 2.66 bits per heavy atom. The highest BCUT2D eigenvalue weighted by Crippen LogP contribution is 2.30. The predicted octanol–water partition coefficient (Wildman–Crippen LogP) is 2.11. The third kappa shape index (κ3) is 3.88. The van der Waals surface area contributed by atoms with Crippen LogP contribution in [0.1, 0.15) is 16.1 Å². The lowest BCUT2D eigenvalue weighted by Crippen LogP contribution is -2.51. The van der Waals surface area contributed by atoms with Crippen LogP contribution in [0, 0.1) is 6.92 Å². The zero-order valence-electron chi connectivity index (χ0n) is 16.7. The van der Waals surface area contributed by atoms with Gasteiger partial charge in [-0.3, -0.25) is 14.5 Å². The smallest absolute Gasteiger partial charge is 0.259 e. The van der Waals surface area contributed by atoms with E-state index >= 15 is 0 Å². The minimum atomic E-state index is -0.0555. The molecule has 8 nitrogen and oxygen atoms in total. The van der Waals surface area contributed by atoms with Crippen molar-refractivity contribution in [1.82, 2.24) is 24.8 Å². The SMILES string of the molecule is Cc1noc2nc(-c3cccs3)cc(C(=O)N3CCN(CC(=O)N(C)C)CC3)c12. The van der Waals surface area contributed by atoms with Crippen molar-refractivity contribution in [3.05, 3.63) is 34.8 Å². The molecule has 152 valence electrons. The van der Waals surface area contributed by atoms with Crippen LogP contribution in [-0.4, -0.2) is 83.5 Å². The predicted molar refractivity (Wildman–Crippen MR) is 111 cm³/mol. The molecule has 0 atom stereocenters. The highest BCUT2D eigenvalue weighted by atomic mass is 32.1. The summed E-state index contributed by atoms with van der Waals surface area (Å²) in [6, 6.07) is 5.76. The summed E-state index contributed by atoms with van der Waals surface area (Å²) in [6.07, 6.45) is 0. The standard InChI is InChI=1S/C20H23N5O3S/c1-13-18-14(11-15(16-5-4-10-29-16)21-19(18)28-22-13)20(27)25-8-6-24(7-9-25)12-17(26)23(2)3/h4-5,10-11H,6-9,12H2,1-3H3. The van der Waals surface area contributed by atoms with E-state index in [0.717, 1.165) is 4.88 Å². The summed E-state index contributed by atoms with van der Waals surface area (Å²) in [5.74, 6) is 0.0152. The zero-order valence-corrected chi connectivity index (χ0v) is 17.5. The van der Waals surface area contributed by atoms with Crippen molar-refractivity contribution in [1.29, 1.82) is 0 Å². The molecule has 0 aliphatic carbocycles. The van der Waals surface area contributed by atoms with Crippen LogP contribution in [0.2, 0.25) is 0 Å². The number of piperazine rings is 1. The van der Waals surface area contributed by atoms with Gasteiger partial charge in [0.15, 0.2) is 0 Å². The number of hydrogen-bond acceptors (Lipinski definition) is 7. The molecule has 3 aromatic heterocycles. The number of fused-ring (bicyclic) bond motifs is 1. The Morgan fingerprint density at radius 2 is 2.00 bits per heavy atom. The van der Waals surface area contributed by atoms with Gasteiger partial charge in [0.05, 0.1) is 33.8 Å². The van der Waals surface area contributed by atoms with Gasteiger partial charge in [-0.05, 0) is 24.4 Å². The molecule has 0 spiro atoms. The Hall–Kier alpha value is -2.78. The number of nitrogens with zero attached hydrogens (tertiary/aromatic N) is 5. The molecular formula is C20H23N5O3S. The van der Waals surface area contributed by atoms with E-state index in [1.807, 2.05) is 35.4 Å². The Bertz CT molecular complexity index is 1040. The molecule has 0 saturated carbocycles. The van der Waals surface area contributed by atoms with Crippen molar-refractivity contribution in [2.75, 3.05) is 46.8 Å². The number of rotatable bonds is 4. The van der Waals surface area contributed by atoms with Gasteiger partial charge >= 0.3 is 0 Å². The number of pyridine rings is 1. The number of carbonyl (C=O) groups excluding carboxylic acids is 2. The van der Waals surface area contributed by atoms with Crippen molar-refractivity contribution in [3.8, 4) is 10.6 Å². The molecule has 2 amide bonds. The first-order chi connectivity index (χ1) is 13.9. The fourth-order valence-electron chi connectivity index (χ4n) is 3.43. The number of aromatic nitrogens is 2. The highest BCUT2D eigenvalue weighted by Gasteiger charge is 2.27. The first-order valence-corrected chi connectivity index (χ1v) is 10.3. The number of hydrogen-bond donors (Lipinski definition) is 0. The summed E-state index contributed by atoms with van der Waals surface area (Å²) < 4.78 is 5.37. The molecular weight excluding hydrogens is 390 g/mol. The second kappa shape index (κ2) is 7.92. The minimum absolute atomic E-state index is 0.0555. The Balaban J connectivity index is 1.57. The fraction of sp³-hybridized carbons (Fsp3) is 0.400. The van der Waals surface area contributed by atoms with Crippen LogP contribution >= 0.6 is 11.3 Å². The van der Waals surface area contributed by atoms with Crippen molar-refractivity contribution < 1.29 is 14.1 Å². The molecule has 1 aliphatic heterocycles. The quantitative estimate of drug-likeness (QED) is 0.652. The maximum absolute atomic E-state index is 13.4. The third-order valence-corrected chi connectivity index (χ3v) is 6.03. The minimum Gasteiger partial charge on any atom is -0.348 e. The Labute approximate surface area is 172 Å². The number of aryl methyl sites for hydroxylation is 1. The second-order valence-electron chi connectivity index (χ2n) is 7.34. The Kier molecular flexibility index (Phi) is 5.33. The van der Waals surface area contributed by atoms with Gasteiger partial charge in [-0.2, -0.15) is 0 Å². The van der Waals surface area contributed by atoms with Gasteiger partial charge in [-0.15, -0.1) is 11.3 Å². The van der Waals surface area contributed by atoms with E-state index in [1.54, 1.807) is 30.3 Å². The Morgan fingerprint density at radius 1 is 1.24 bits per heavy atom. The van der Waals surface area contributed by atoms with Gasteiger partial charge < -0.3 is 14.3 Å². The van der Waals surface area contributed by atoms with Gasteiger partial charge in [0.2, 0.25) is 5.91 Å². The maximum Gasteiger partial charge on any atom is 0.259 e. The van der Waals surface area contributed by atoms with Crippen LogP contribution in [0.4, 0.5) is 0 Å². The van der Waals surface area contributed by atoms with Crippen molar-refractivity contribution >= 4 is 34.3 Å². The molecule has 4 rings (SSSR count). The summed E-state index contributed by atoms with van der Waals surface area (Å²) in [6.45, 7) is 4.67. The van der Waals surface area contributed by atoms with E-state index in [0.29, 0.717) is 60.8 Å². The summed E-state index contributed by atoms with van der Waals surface area (Å²) >= 11 is 1.56. The van der Waals surface area contributed by atoms with Gasteiger partial charge in [-0.25, -0.2) is 4.98 Å². The van der Waals surface area contributed by atoms with Crippen LogP contribution in [0.15, 0.2) is 28.1 Å². The number of likely N-dealkylation sites (N-methyl/N-ethyl adjacent to an activating group) is 1. The third-order valence-electron chi connectivity index (χ3n) is 5.14. The van der Waals surface area contributed by atoms with Crippen molar-refractivity contribution in [2.45, 2.75) is 6.92 Å². The number of carbonyl (C=O) groups is 2. The molecule has 1 aliphatic rings. The molecule has 0 aromatic carbocycles. The average Bonchev–Trinajstić information content (AvgIpc) is 3.38. The van der Waals surface area contributed by atoms with E-state index in [4.69, 9.17) is 4.52 Å². The van der Waals surface area contributed by atoms with E-state index < -0.39 is 0 Å². The molecule has 1 saturated heterocycles. The first kappa shape index (κ1) is 19.5. The van der Waals surface area contributed by atoms with Crippen molar-refractivity contribution in [2.24, 2.45) is 0 Å². The first-order valence-electron chi connectivity index (χ1n) is 9.46. The molecule has 0 N–H and O–H groups in total. The van der Waals surface area contributed by atoms with E-state index in [9.17, 15) is 9.59 Å². The number of amides is 2. The maximum atomic E-state index is 13.4. The van der Waals surface area contributed by atoms with E-state index in [2.05, 4.69) is 15.0 Å². The number of thiophene rings is 1. The molecule has 0 bridgehead atoms. The summed E-state index contributed by atoms with van der Waals surface area (Å²) in [7, 11) is 3.51. The van der Waals surface area contributed by atoms with Gasteiger partial charge in [0.25, 0.3) is 11.6 Å². The lowest BCUT2D eigenvalue weighted by Gasteiger charge is -2.34. The van der Waals surface area contributed by atoms with Crippen LogP contribution in [0.5, 0.6) is 0 Å². The van der Waals surface area contributed by atoms with Gasteiger partial charge in [0.1, 0.15) is 0 Å². The molecule has 9 heteroatoms. The molecule has 0 radical (unpaired) electrons. The fourth-order valence-corrected chi connectivity index (χ4v) is 4.11. The molecule has 1 fully saturated rings. The lowest BCUT2D eigenvalue weighted by atomic mass is 10.1. The monoisotopic (exact) mass is 413 g/mol. The summed E-state index contributed by atoms with van der Waals surface area (Å²) in [5, 5.41) is 6.65. The normalized spacial score (nSPS) is 15.1. The van der Waals surface area contributed by atoms with Crippen LogP contribution in [0.25, 0.3) is 21.7 Å². The largest absolute Gasteiger partial charge is 0.348 e. The van der Waals surface area contributed by atoms with E-state index in [1.165, 1.54) is 0 Å². The van der Waals surface area contributed by atoms with Gasteiger partial charge in [-0.1, -0.05) is 11.2 Å². The topological polar surface area (TPSA) is 82.8 Å². The summed E-state index contributed by atoms with van der Waals surface area (Å²) in [5.41, 5.74) is 2.31. The molecule has 29 heavy (non-hydrogen) atoms. The second-order valence-corrected chi connectivity index (χ2v) is 8.28. The van der Waals surface area contributed by atoms with E-state index in [-0.39, 0.29) is 11.8 Å².